The Morgan fingerprint density at radius 3 is 2.55 bits per heavy atom. The summed E-state index contributed by atoms with van der Waals surface area (Å²) in [6.45, 7) is 0.804. The van der Waals surface area contributed by atoms with E-state index in [1.165, 1.54) is 11.0 Å². The minimum Gasteiger partial charge on any atom is -0.465 e. The molecule has 0 radical (unpaired) electrons. The van der Waals surface area contributed by atoms with Crippen LogP contribution in [0.1, 0.15) is 60.0 Å². The van der Waals surface area contributed by atoms with Crippen LogP contribution in [0.15, 0.2) is 48.8 Å². The first-order valence-corrected chi connectivity index (χ1v) is 13.7. The first-order chi connectivity index (χ1) is 19.3. The van der Waals surface area contributed by atoms with Gasteiger partial charge < -0.3 is 15.7 Å². The average Bonchev–Trinajstić information content (AvgIpc) is 3.51. The van der Waals surface area contributed by atoms with E-state index < -0.39 is 29.2 Å². The Morgan fingerprint density at radius 1 is 1.02 bits per heavy atom. The van der Waals surface area contributed by atoms with Gasteiger partial charge in [-0.15, -0.1) is 0 Å². The maximum absolute atomic E-state index is 14.9. The second-order valence-corrected chi connectivity index (χ2v) is 11.7. The summed E-state index contributed by atoms with van der Waals surface area (Å²) < 4.78 is 29.0. The molecule has 2 aliphatic heterocycles. The number of aromatic nitrogens is 2. The molecule has 5 atom stereocenters. The molecule has 3 aromatic rings. The molecule has 3 unspecified atom stereocenters. The van der Waals surface area contributed by atoms with Gasteiger partial charge in [-0.1, -0.05) is 18.2 Å². The third-order valence-electron chi connectivity index (χ3n) is 9.60. The Morgan fingerprint density at radius 2 is 1.80 bits per heavy atom. The Kier molecular flexibility index (Phi) is 5.59. The number of likely N-dealkylation sites (tertiary alicyclic amines) is 1. The standard InChI is InChI=1S/C30H29F2N5O3/c31-21-5-1-4-20(25(21)32)16-6-7-23(26-17(11-16)3-2-9-34-26)37-27-24(22(33)8-10-35-27)30(28(37)38)12-18-14-36(29(39)40)15-19(18)13-30/h1-5,8-10,16,18-19,23H,6-7,11-15H2,(H2,33,35)(H,39,40)/t16?,18-,19+,23?,30?. The molecule has 10 heteroatoms. The van der Waals surface area contributed by atoms with Crippen LogP contribution in [0.2, 0.25) is 0 Å². The third kappa shape index (κ3) is 3.54. The molecule has 40 heavy (non-hydrogen) atoms. The van der Waals surface area contributed by atoms with Gasteiger partial charge in [0, 0.05) is 36.7 Å². The van der Waals surface area contributed by atoms with E-state index in [-0.39, 0.29) is 23.7 Å². The third-order valence-corrected chi connectivity index (χ3v) is 9.60. The number of carbonyl (C=O) groups excluding carboxylic acids is 1. The maximum atomic E-state index is 14.9. The average molecular weight is 546 g/mol. The fraction of sp³-hybridized carbons (Fsp3) is 0.400. The molecule has 2 aromatic heterocycles. The predicted molar refractivity (Wildman–Crippen MR) is 143 cm³/mol. The number of carbonyl (C=O) groups is 2. The number of hydrogen-bond donors (Lipinski definition) is 2. The molecule has 2 amide bonds. The molecular formula is C30H29F2N5O3. The highest BCUT2D eigenvalue weighted by molar-refractivity contribution is 6.09. The highest BCUT2D eigenvalue weighted by Crippen LogP contribution is 2.59. The van der Waals surface area contributed by atoms with E-state index in [0.717, 1.165) is 22.9 Å². The van der Waals surface area contributed by atoms with Gasteiger partial charge >= 0.3 is 6.09 Å². The smallest absolute Gasteiger partial charge is 0.407 e. The molecule has 1 saturated heterocycles. The van der Waals surface area contributed by atoms with Crippen molar-refractivity contribution in [3.8, 4) is 0 Å². The van der Waals surface area contributed by atoms with Crippen LogP contribution in [-0.4, -0.2) is 45.1 Å². The lowest BCUT2D eigenvalue weighted by Gasteiger charge is -2.30. The van der Waals surface area contributed by atoms with Crippen molar-refractivity contribution < 1.29 is 23.5 Å². The molecule has 4 heterocycles. The highest BCUT2D eigenvalue weighted by atomic mass is 19.2. The van der Waals surface area contributed by atoms with E-state index in [1.807, 2.05) is 12.1 Å². The van der Waals surface area contributed by atoms with Gasteiger partial charge in [-0.2, -0.15) is 0 Å². The minimum absolute atomic E-state index is 0.0623. The summed E-state index contributed by atoms with van der Waals surface area (Å²) in [4.78, 5) is 38.8. The zero-order valence-corrected chi connectivity index (χ0v) is 21.8. The number of amides is 2. The second-order valence-electron chi connectivity index (χ2n) is 11.7. The van der Waals surface area contributed by atoms with Crippen molar-refractivity contribution >= 4 is 23.5 Å². The number of fused-ring (bicyclic) bond motifs is 4. The fourth-order valence-corrected chi connectivity index (χ4v) is 7.92. The normalized spacial score (nSPS) is 28.9. The van der Waals surface area contributed by atoms with Gasteiger partial charge in [0.15, 0.2) is 11.6 Å². The van der Waals surface area contributed by atoms with Gasteiger partial charge in [0.25, 0.3) is 0 Å². The molecule has 7 rings (SSSR count). The number of nitrogens with two attached hydrogens (primary N) is 1. The number of hydrogen-bond acceptors (Lipinski definition) is 5. The minimum atomic E-state index is -0.935. The number of nitrogen functional groups attached to an aromatic ring is 1. The molecule has 2 aliphatic carbocycles. The molecule has 206 valence electrons. The summed E-state index contributed by atoms with van der Waals surface area (Å²) in [5.74, 6) is -1.42. The number of benzene rings is 1. The molecule has 1 spiro atoms. The lowest BCUT2D eigenvalue weighted by Crippen LogP contribution is -2.42. The highest BCUT2D eigenvalue weighted by Gasteiger charge is 2.62. The van der Waals surface area contributed by atoms with E-state index in [0.29, 0.717) is 62.3 Å². The molecule has 1 saturated carbocycles. The predicted octanol–water partition coefficient (Wildman–Crippen LogP) is 4.80. The summed E-state index contributed by atoms with van der Waals surface area (Å²) in [5, 5.41) is 9.52. The van der Waals surface area contributed by atoms with E-state index in [9.17, 15) is 23.5 Å². The number of halogens is 2. The van der Waals surface area contributed by atoms with Crippen LogP contribution in [-0.2, 0) is 16.6 Å². The summed E-state index contributed by atoms with van der Waals surface area (Å²) in [7, 11) is 0. The summed E-state index contributed by atoms with van der Waals surface area (Å²) in [5.41, 5.74) is 8.85. The Labute approximate surface area is 229 Å². The van der Waals surface area contributed by atoms with Crippen LogP contribution < -0.4 is 10.6 Å². The van der Waals surface area contributed by atoms with Gasteiger partial charge in [-0.05, 0) is 79.2 Å². The van der Waals surface area contributed by atoms with Crippen molar-refractivity contribution in [2.45, 2.75) is 49.5 Å². The molecule has 4 aliphatic rings. The van der Waals surface area contributed by atoms with Gasteiger partial charge in [0.2, 0.25) is 5.91 Å². The fourth-order valence-electron chi connectivity index (χ4n) is 7.92. The SMILES string of the molecule is Nc1ccnc2c1C1(C[C@H]3CN(C(=O)O)C[C@H]3C1)C(=O)N2C1CCC(c2cccc(F)c2F)Cc2cccnc21. The topological polar surface area (TPSA) is 113 Å². The zero-order chi connectivity index (χ0) is 27.8. The molecule has 0 bridgehead atoms. The number of nitrogens with zero attached hydrogens (tertiary/aromatic N) is 4. The van der Waals surface area contributed by atoms with Crippen molar-refractivity contribution in [3.63, 3.8) is 0 Å². The van der Waals surface area contributed by atoms with Gasteiger partial charge in [0.1, 0.15) is 5.82 Å². The van der Waals surface area contributed by atoms with Gasteiger partial charge in [-0.3, -0.25) is 14.7 Å². The van der Waals surface area contributed by atoms with Crippen LogP contribution in [0.4, 0.5) is 25.1 Å². The Balaban J connectivity index is 1.29. The van der Waals surface area contributed by atoms with Gasteiger partial charge in [-0.25, -0.2) is 18.6 Å². The summed E-state index contributed by atoms with van der Waals surface area (Å²) in [6.07, 6.45) is 4.87. The molecule has 2 fully saturated rings. The van der Waals surface area contributed by atoms with E-state index in [4.69, 9.17) is 10.7 Å². The van der Waals surface area contributed by atoms with E-state index >= 15 is 0 Å². The summed E-state index contributed by atoms with van der Waals surface area (Å²) in [6, 6.07) is 9.31. The van der Waals surface area contributed by atoms with Crippen molar-refractivity contribution in [1.29, 1.82) is 0 Å². The number of pyridine rings is 2. The number of carboxylic acid groups (broad SMARTS) is 1. The zero-order valence-electron chi connectivity index (χ0n) is 21.8. The van der Waals surface area contributed by atoms with Gasteiger partial charge in [0.05, 0.1) is 17.2 Å². The molecular weight excluding hydrogens is 516 g/mol. The lowest BCUT2D eigenvalue weighted by molar-refractivity contribution is -0.123. The van der Waals surface area contributed by atoms with Crippen molar-refractivity contribution in [3.05, 3.63) is 82.8 Å². The first kappa shape index (κ1) is 24.9. The number of anilines is 2. The quantitative estimate of drug-likeness (QED) is 0.448. The van der Waals surface area contributed by atoms with Crippen molar-refractivity contribution in [2.75, 3.05) is 23.7 Å². The van der Waals surface area contributed by atoms with Crippen LogP contribution >= 0.6 is 0 Å². The van der Waals surface area contributed by atoms with Crippen LogP contribution in [0, 0.1) is 23.5 Å². The van der Waals surface area contributed by atoms with E-state index in [2.05, 4.69) is 4.98 Å². The number of rotatable bonds is 2. The van der Waals surface area contributed by atoms with Crippen LogP contribution in [0.3, 0.4) is 0 Å². The molecule has 8 nitrogen and oxygen atoms in total. The monoisotopic (exact) mass is 545 g/mol. The molecule has 1 aromatic carbocycles. The van der Waals surface area contributed by atoms with Crippen molar-refractivity contribution in [1.82, 2.24) is 14.9 Å². The Bertz CT molecular complexity index is 1530. The molecule has 3 N–H and O–H groups in total. The lowest BCUT2D eigenvalue weighted by atomic mass is 9.78. The largest absolute Gasteiger partial charge is 0.465 e. The maximum Gasteiger partial charge on any atom is 0.407 e. The van der Waals surface area contributed by atoms with Crippen molar-refractivity contribution in [2.24, 2.45) is 11.8 Å². The Hall–Kier alpha value is -4.08. The second kappa shape index (κ2) is 8.97. The summed E-state index contributed by atoms with van der Waals surface area (Å²) >= 11 is 0. The first-order valence-electron chi connectivity index (χ1n) is 13.7. The van der Waals surface area contributed by atoms with E-state index in [1.54, 1.807) is 29.4 Å². The van der Waals surface area contributed by atoms with Crippen LogP contribution in [0.25, 0.3) is 0 Å². The van der Waals surface area contributed by atoms with Crippen LogP contribution in [0.5, 0.6) is 0 Å².